The van der Waals surface area contributed by atoms with Crippen LogP contribution < -0.4 is 5.32 Å². The van der Waals surface area contributed by atoms with Crippen LogP contribution in [0.5, 0.6) is 0 Å². The summed E-state index contributed by atoms with van der Waals surface area (Å²) in [4.78, 5) is 13.3. The number of thiophene rings is 1. The quantitative estimate of drug-likeness (QED) is 0.799. The lowest BCUT2D eigenvalue weighted by Gasteiger charge is -2.15. The number of aromatic nitrogens is 2. The van der Waals surface area contributed by atoms with Crippen molar-refractivity contribution in [2.24, 2.45) is 0 Å². The zero-order chi connectivity index (χ0) is 15.2. The molecule has 0 saturated heterocycles. The van der Waals surface area contributed by atoms with Crippen LogP contribution in [0.4, 0.5) is 0 Å². The molecule has 0 amide bonds. The summed E-state index contributed by atoms with van der Waals surface area (Å²) in [5, 5.41) is 9.57. The standard InChI is InChI=1S/C15H21N3O2S/c1-4-20-15(19)14(16-9-13-6-5-7-21-13)12-8-17-18(10-12)11(2)3/h5-8,10-11,14,16H,4,9H2,1-3H3. The molecular weight excluding hydrogens is 286 g/mol. The smallest absolute Gasteiger partial charge is 0.327 e. The fourth-order valence-electron chi connectivity index (χ4n) is 1.96. The van der Waals surface area contributed by atoms with Crippen LogP contribution in [-0.4, -0.2) is 22.4 Å². The average Bonchev–Trinajstić information content (AvgIpc) is 3.10. The Labute approximate surface area is 128 Å². The predicted octanol–water partition coefficient (Wildman–Crippen LogP) is 2.92. The summed E-state index contributed by atoms with van der Waals surface area (Å²) in [5.74, 6) is -0.266. The van der Waals surface area contributed by atoms with Gasteiger partial charge in [0.05, 0.1) is 12.8 Å². The van der Waals surface area contributed by atoms with Gasteiger partial charge >= 0.3 is 5.97 Å². The first kappa shape index (κ1) is 15.7. The molecule has 0 aliphatic heterocycles. The first-order valence-electron chi connectivity index (χ1n) is 7.08. The molecule has 2 rings (SSSR count). The maximum atomic E-state index is 12.2. The van der Waals surface area contributed by atoms with E-state index in [-0.39, 0.29) is 12.0 Å². The van der Waals surface area contributed by atoms with Gasteiger partial charge in [-0.3, -0.25) is 10.00 Å². The Hall–Kier alpha value is -1.66. The highest BCUT2D eigenvalue weighted by Crippen LogP contribution is 2.18. The lowest BCUT2D eigenvalue weighted by Crippen LogP contribution is -2.29. The van der Waals surface area contributed by atoms with E-state index in [2.05, 4.69) is 24.3 Å². The third-order valence-electron chi connectivity index (χ3n) is 3.07. The number of rotatable bonds is 7. The molecule has 0 aromatic carbocycles. The Kier molecular flexibility index (Phi) is 5.52. The zero-order valence-corrected chi connectivity index (χ0v) is 13.4. The van der Waals surface area contributed by atoms with Crippen LogP contribution in [0.2, 0.25) is 0 Å². The molecule has 0 fully saturated rings. The Morgan fingerprint density at radius 3 is 2.90 bits per heavy atom. The van der Waals surface area contributed by atoms with Gasteiger partial charge in [-0.25, -0.2) is 4.79 Å². The van der Waals surface area contributed by atoms with E-state index < -0.39 is 6.04 Å². The van der Waals surface area contributed by atoms with Crippen LogP contribution in [0.3, 0.4) is 0 Å². The second-order valence-corrected chi connectivity index (χ2v) is 6.02. The monoisotopic (exact) mass is 307 g/mol. The average molecular weight is 307 g/mol. The molecule has 6 heteroatoms. The molecule has 5 nitrogen and oxygen atoms in total. The summed E-state index contributed by atoms with van der Waals surface area (Å²) < 4.78 is 7.00. The molecule has 114 valence electrons. The third-order valence-corrected chi connectivity index (χ3v) is 3.94. The second-order valence-electron chi connectivity index (χ2n) is 4.99. The number of nitrogens with zero attached hydrogens (tertiary/aromatic N) is 2. The SMILES string of the molecule is CCOC(=O)C(NCc1cccs1)c1cnn(C(C)C)c1. The minimum absolute atomic E-state index is 0.263. The van der Waals surface area contributed by atoms with Crippen molar-refractivity contribution < 1.29 is 9.53 Å². The summed E-state index contributed by atoms with van der Waals surface area (Å²) in [6.07, 6.45) is 3.62. The van der Waals surface area contributed by atoms with Crippen molar-refractivity contribution in [3.63, 3.8) is 0 Å². The maximum absolute atomic E-state index is 12.2. The van der Waals surface area contributed by atoms with Gasteiger partial charge in [-0.05, 0) is 32.2 Å². The van der Waals surface area contributed by atoms with Crippen molar-refractivity contribution in [3.05, 3.63) is 40.3 Å². The molecule has 0 aliphatic carbocycles. The fourth-order valence-corrected chi connectivity index (χ4v) is 2.62. The van der Waals surface area contributed by atoms with E-state index in [0.717, 1.165) is 5.56 Å². The summed E-state index contributed by atoms with van der Waals surface area (Å²) in [6.45, 7) is 6.92. The number of hydrogen-bond donors (Lipinski definition) is 1. The van der Waals surface area contributed by atoms with Gasteiger partial charge in [0, 0.05) is 29.2 Å². The van der Waals surface area contributed by atoms with Crippen molar-refractivity contribution in [2.45, 2.75) is 39.4 Å². The van der Waals surface area contributed by atoms with Gasteiger partial charge in [-0.2, -0.15) is 5.10 Å². The molecule has 0 saturated carbocycles. The van der Waals surface area contributed by atoms with Crippen molar-refractivity contribution in [1.82, 2.24) is 15.1 Å². The highest BCUT2D eigenvalue weighted by atomic mass is 32.1. The minimum atomic E-state index is -0.487. The Balaban J connectivity index is 2.12. The Morgan fingerprint density at radius 1 is 1.52 bits per heavy atom. The summed E-state index contributed by atoms with van der Waals surface area (Å²) in [5.41, 5.74) is 0.832. The van der Waals surface area contributed by atoms with E-state index in [9.17, 15) is 4.79 Å². The summed E-state index contributed by atoms with van der Waals surface area (Å²) in [6, 6.07) is 3.81. The molecule has 2 aromatic rings. The van der Waals surface area contributed by atoms with Crippen molar-refractivity contribution in [3.8, 4) is 0 Å². The molecule has 1 N–H and O–H groups in total. The van der Waals surface area contributed by atoms with Crippen molar-refractivity contribution in [1.29, 1.82) is 0 Å². The van der Waals surface area contributed by atoms with Crippen LogP contribution in [-0.2, 0) is 16.1 Å². The lowest BCUT2D eigenvalue weighted by molar-refractivity contribution is -0.145. The molecule has 21 heavy (non-hydrogen) atoms. The number of hydrogen-bond acceptors (Lipinski definition) is 5. The van der Waals surface area contributed by atoms with Crippen molar-refractivity contribution >= 4 is 17.3 Å². The zero-order valence-electron chi connectivity index (χ0n) is 12.6. The van der Waals surface area contributed by atoms with Crippen LogP contribution in [0.1, 0.15) is 43.3 Å². The summed E-state index contributed by atoms with van der Waals surface area (Å²) in [7, 11) is 0. The molecule has 2 aromatic heterocycles. The molecule has 0 aliphatic rings. The maximum Gasteiger partial charge on any atom is 0.327 e. The second kappa shape index (κ2) is 7.38. The molecule has 0 radical (unpaired) electrons. The van der Waals surface area contributed by atoms with Gasteiger partial charge in [0.25, 0.3) is 0 Å². The topological polar surface area (TPSA) is 56.1 Å². The largest absolute Gasteiger partial charge is 0.465 e. The number of esters is 1. The molecule has 0 spiro atoms. The van der Waals surface area contributed by atoms with E-state index >= 15 is 0 Å². The fraction of sp³-hybridized carbons (Fsp3) is 0.467. The van der Waals surface area contributed by atoms with E-state index in [0.29, 0.717) is 13.2 Å². The predicted molar refractivity (Wildman–Crippen MR) is 83.1 cm³/mol. The Bertz CT molecular complexity index is 563. The number of carbonyl (C=O) groups is 1. The molecule has 1 atom stereocenters. The number of carbonyl (C=O) groups excluding carboxylic acids is 1. The van der Waals surface area contributed by atoms with Gasteiger partial charge in [0.1, 0.15) is 6.04 Å². The molecular formula is C15H21N3O2S. The Morgan fingerprint density at radius 2 is 2.33 bits per heavy atom. The highest BCUT2D eigenvalue weighted by molar-refractivity contribution is 7.09. The normalized spacial score (nSPS) is 12.6. The van der Waals surface area contributed by atoms with Crippen molar-refractivity contribution in [2.75, 3.05) is 6.61 Å². The van der Waals surface area contributed by atoms with Crippen LogP contribution >= 0.6 is 11.3 Å². The van der Waals surface area contributed by atoms with Gasteiger partial charge in [0.15, 0.2) is 0 Å². The minimum Gasteiger partial charge on any atom is -0.465 e. The summed E-state index contributed by atoms with van der Waals surface area (Å²) >= 11 is 1.66. The van der Waals surface area contributed by atoms with Gasteiger partial charge < -0.3 is 4.74 Å². The highest BCUT2D eigenvalue weighted by Gasteiger charge is 2.23. The van der Waals surface area contributed by atoms with Crippen LogP contribution in [0.15, 0.2) is 29.9 Å². The van der Waals surface area contributed by atoms with E-state index in [4.69, 9.17) is 4.74 Å². The van der Waals surface area contributed by atoms with Gasteiger partial charge in [-0.15, -0.1) is 11.3 Å². The first-order valence-corrected chi connectivity index (χ1v) is 7.96. The molecule has 1 unspecified atom stereocenters. The van der Waals surface area contributed by atoms with Crippen LogP contribution in [0, 0.1) is 0 Å². The number of nitrogens with one attached hydrogen (secondary N) is 1. The van der Waals surface area contributed by atoms with E-state index in [1.165, 1.54) is 4.88 Å². The third kappa shape index (κ3) is 4.15. The van der Waals surface area contributed by atoms with Gasteiger partial charge in [-0.1, -0.05) is 6.07 Å². The lowest BCUT2D eigenvalue weighted by atomic mass is 10.1. The van der Waals surface area contributed by atoms with Crippen LogP contribution in [0.25, 0.3) is 0 Å². The number of ether oxygens (including phenoxy) is 1. The molecule has 2 heterocycles. The van der Waals surface area contributed by atoms with E-state index in [1.807, 2.05) is 35.3 Å². The first-order chi connectivity index (χ1) is 10.1. The van der Waals surface area contributed by atoms with Gasteiger partial charge in [0.2, 0.25) is 0 Å². The molecule has 0 bridgehead atoms. The van der Waals surface area contributed by atoms with E-state index in [1.54, 1.807) is 17.5 Å².